The summed E-state index contributed by atoms with van der Waals surface area (Å²) in [5.74, 6) is -4.57. The number of allylic oxidation sites excluding steroid dienone is 2. The molecule has 0 spiro atoms. The van der Waals surface area contributed by atoms with Crippen molar-refractivity contribution in [1.82, 2.24) is 0 Å². The summed E-state index contributed by atoms with van der Waals surface area (Å²) in [6.07, 6.45) is 3.81. The summed E-state index contributed by atoms with van der Waals surface area (Å²) in [6.45, 7) is 11.8. The molecular formula is C32H36N4O4. The summed E-state index contributed by atoms with van der Waals surface area (Å²) in [4.78, 5) is 62.2. The van der Waals surface area contributed by atoms with Crippen molar-refractivity contribution in [2.24, 2.45) is 35.5 Å². The average Bonchev–Trinajstić information content (AvgIpc) is 3.42. The first-order valence-corrected chi connectivity index (χ1v) is 14.5. The first-order chi connectivity index (χ1) is 19.4. The lowest BCUT2D eigenvalue weighted by Gasteiger charge is -2.44. The summed E-state index contributed by atoms with van der Waals surface area (Å²) < 4.78 is 0. The van der Waals surface area contributed by atoms with Gasteiger partial charge in [0.1, 0.15) is 0 Å². The third-order valence-corrected chi connectivity index (χ3v) is 9.48. The number of hydrogen-bond donors (Lipinski definition) is 0. The molecule has 8 heteroatoms. The minimum absolute atomic E-state index is 0.273. The van der Waals surface area contributed by atoms with Gasteiger partial charge in [-0.1, -0.05) is 12.2 Å². The lowest BCUT2D eigenvalue weighted by molar-refractivity contribution is -0.137. The van der Waals surface area contributed by atoms with Crippen molar-refractivity contribution in [3.63, 3.8) is 0 Å². The highest BCUT2D eigenvalue weighted by atomic mass is 16.2. The Kier molecular flexibility index (Phi) is 6.51. The SMILES string of the molecule is CCN(CC)c1ccc(N2C(=O)[C@@H]3C4C=CC([C@H]3C2=O)[C@@H]2C(=O)N(c3ccc(N(CC)CC)cc3)C(=O)[C@H]42)cc1. The van der Waals surface area contributed by atoms with E-state index in [2.05, 4.69) is 37.5 Å². The van der Waals surface area contributed by atoms with Crippen LogP contribution in [0.3, 0.4) is 0 Å². The van der Waals surface area contributed by atoms with Gasteiger partial charge in [0.15, 0.2) is 0 Å². The molecule has 3 fully saturated rings. The van der Waals surface area contributed by atoms with Crippen molar-refractivity contribution in [2.45, 2.75) is 27.7 Å². The zero-order chi connectivity index (χ0) is 28.3. The van der Waals surface area contributed by atoms with E-state index in [4.69, 9.17) is 0 Å². The molecule has 2 saturated heterocycles. The number of hydrogen-bond acceptors (Lipinski definition) is 6. The second-order valence-electron chi connectivity index (χ2n) is 11.0. The van der Waals surface area contributed by atoms with Crippen LogP contribution in [0.2, 0.25) is 0 Å². The van der Waals surface area contributed by atoms with E-state index in [9.17, 15) is 19.2 Å². The van der Waals surface area contributed by atoms with E-state index in [0.717, 1.165) is 37.6 Å². The van der Waals surface area contributed by atoms with Gasteiger partial charge in [-0.15, -0.1) is 0 Å². The monoisotopic (exact) mass is 540 g/mol. The maximum Gasteiger partial charge on any atom is 0.238 e. The Bertz CT molecular complexity index is 1230. The number of anilines is 4. The van der Waals surface area contributed by atoms with Crippen LogP contribution in [0, 0.1) is 35.5 Å². The molecule has 0 aromatic heterocycles. The fourth-order valence-electron chi connectivity index (χ4n) is 7.54. The molecule has 0 N–H and O–H groups in total. The van der Waals surface area contributed by atoms with E-state index >= 15 is 0 Å². The average molecular weight is 541 g/mol. The predicted octanol–water partition coefficient (Wildman–Crippen LogP) is 4.11. The molecule has 2 bridgehead atoms. The zero-order valence-electron chi connectivity index (χ0n) is 23.5. The molecule has 8 nitrogen and oxygen atoms in total. The Morgan fingerprint density at radius 2 is 0.775 bits per heavy atom. The quantitative estimate of drug-likeness (QED) is 0.370. The van der Waals surface area contributed by atoms with Gasteiger partial charge in [0.25, 0.3) is 0 Å². The highest BCUT2D eigenvalue weighted by Gasteiger charge is 2.68. The van der Waals surface area contributed by atoms with E-state index in [1.165, 1.54) is 9.80 Å². The Morgan fingerprint density at radius 1 is 0.500 bits per heavy atom. The lowest BCUT2D eigenvalue weighted by atomic mass is 9.54. The molecule has 1 saturated carbocycles. The van der Waals surface area contributed by atoms with Crippen LogP contribution in [0.25, 0.3) is 0 Å². The molecule has 208 valence electrons. The molecule has 2 aromatic rings. The Hall–Kier alpha value is -3.94. The molecule has 7 rings (SSSR count). The van der Waals surface area contributed by atoms with E-state index in [-0.39, 0.29) is 23.6 Å². The molecule has 40 heavy (non-hydrogen) atoms. The Balaban J connectivity index is 1.28. The van der Waals surface area contributed by atoms with Gasteiger partial charge in [-0.25, -0.2) is 0 Å². The maximum absolute atomic E-state index is 13.8. The molecule has 3 aliphatic carbocycles. The van der Waals surface area contributed by atoms with Crippen molar-refractivity contribution < 1.29 is 19.2 Å². The van der Waals surface area contributed by atoms with E-state index in [1.54, 1.807) is 0 Å². The van der Waals surface area contributed by atoms with Crippen LogP contribution < -0.4 is 19.6 Å². The van der Waals surface area contributed by atoms with Gasteiger partial charge in [0, 0.05) is 49.4 Å². The first-order valence-electron chi connectivity index (χ1n) is 14.5. The topological polar surface area (TPSA) is 81.2 Å². The van der Waals surface area contributed by atoms with Gasteiger partial charge in [-0.2, -0.15) is 0 Å². The van der Waals surface area contributed by atoms with Crippen LogP contribution >= 0.6 is 0 Å². The van der Waals surface area contributed by atoms with Crippen molar-refractivity contribution in [3.05, 3.63) is 60.7 Å². The second kappa shape index (κ2) is 9.91. The van der Waals surface area contributed by atoms with Crippen molar-refractivity contribution in [3.8, 4) is 0 Å². The lowest BCUT2D eigenvalue weighted by Crippen LogP contribution is -2.50. The number of imide groups is 2. The third kappa shape index (κ3) is 3.64. The van der Waals surface area contributed by atoms with E-state index < -0.39 is 35.5 Å². The van der Waals surface area contributed by atoms with Gasteiger partial charge in [-0.3, -0.25) is 29.0 Å². The van der Waals surface area contributed by atoms with E-state index in [1.807, 2.05) is 60.7 Å². The molecule has 4 amide bonds. The Morgan fingerprint density at radius 3 is 1.02 bits per heavy atom. The number of amides is 4. The van der Waals surface area contributed by atoms with Crippen LogP contribution in [0.4, 0.5) is 22.7 Å². The number of nitrogens with zero attached hydrogens (tertiary/aromatic N) is 4. The zero-order valence-corrected chi connectivity index (χ0v) is 23.5. The summed E-state index contributed by atoms with van der Waals surface area (Å²) in [7, 11) is 0. The van der Waals surface area contributed by atoms with Crippen molar-refractivity contribution in [2.75, 3.05) is 45.8 Å². The van der Waals surface area contributed by atoms with Crippen molar-refractivity contribution in [1.29, 1.82) is 0 Å². The smallest absolute Gasteiger partial charge is 0.238 e. The first kappa shape index (κ1) is 26.3. The number of carbonyl (C=O) groups is 4. The van der Waals surface area contributed by atoms with Gasteiger partial charge < -0.3 is 9.80 Å². The van der Waals surface area contributed by atoms with Gasteiger partial charge in [0.2, 0.25) is 23.6 Å². The number of rotatable bonds is 8. The van der Waals surface area contributed by atoms with Crippen LogP contribution in [-0.4, -0.2) is 49.8 Å². The molecule has 5 aliphatic rings. The Labute approximate surface area is 235 Å². The standard InChI is InChI=1S/C32H36N4O4/c1-5-33(6-2)19-9-13-21(14-10-19)35-29(37)25-23-17-18-24(26(25)30(35)38)28-27(23)31(39)36(32(28)40)22-15-11-20(12-16-22)34(7-3)8-4/h9-18,23-28H,5-8H2,1-4H3/t23?,24?,25-,26-,27-,28+/m1/s1. The van der Waals surface area contributed by atoms with Gasteiger partial charge >= 0.3 is 0 Å². The molecule has 6 atom stereocenters. The molecule has 2 aromatic carbocycles. The molecule has 2 unspecified atom stereocenters. The fourth-order valence-corrected chi connectivity index (χ4v) is 7.54. The van der Waals surface area contributed by atoms with Crippen LogP contribution in [0.5, 0.6) is 0 Å². The normalized spacial score (nSPS) is 28.4. The van der Waals surface area contributed by atoms with Crippen LogP contribution in [-0.2, 0) is 19.2 Å². The van der Waals surface area contributed by atoms with Gasteiger partial charge in [0.05, 0.1) is 35.0 Å². The maximum atomic E-state index is 13.8. The van der Waals surface area contributed by atoms with Crippen LogP contribution in [0.15, 0.2) is 60.7 Å². The summed E-state index contributed by atoms with van der Waals surface area (Å²) in [6, 6.07) is 15.0. The highest BCUT2D eigenvalue weighted by molar-refractivity contribution is 6.26. The molecular weight excluding hydrogens is 504 g/mol. The highest BCUT2D eigenvalue weighted by Crippen LogP contribution is 2.58. The number of benzene rings is 2. The minimum atomic E-state index is -0.632. The number of carbonyl (C=O) groups excluding carboxylic acids is 4. The largest absolute Gasteiger partial charge is 0.372 e. The molecule has 0 radical (unpaired) electrons. The third-order valence-electron chi connectivity index (χ3n) is 9.48. The van der Waals surface area contributed by atoms with E-state index in [0.29, 0.717) is 11.4 Å². The predicted molar refractivity (Wildman–Crippen MR) is 155 cm³/mol. The van der Waals surface area contributed by atoms with Gasteiger partial charge in [-0.05, 0) is 76.2 Å². The van der Waals surface area contributed by atoms with Crippen molar-refractivity contribution >= 4 is 46.4 Å². The summed E-state index contributed by atoms with van der Waals surface area (Å²) in [5, 5.41) is 0. The summed E-state index contributed by atoms with van der Waals surface area (Å²) in [5.41, 5.74) is 3.14. The minimum Gasteiger partial charge on any atom is -0.372 e. The van der Waals surface area contributed by atoms with Crippen LogP contribution in [0.1, 0.15) is 27.7 Å². The fraction of sp³-hybridized carbons (Fsp3) is 0.438. The summed E-state index contributed by atoms with van der Waals surface area (Å²) >= 11 is 0. The second-order valence-corrected chi connectivity index (χ2v) is 11.0. The molecule has 2 heterocycles. The molecule has 2 aliphatic heterocycles.